The molecule has 0 aromatic heterocycles. The Hall–Kier alpha value is -1.51. The largest absolute Gasteiger partial charge is 0.457 e. The van der Waals surface area contributed by atoms with Gasteiger partial charge in [0.2, 0.25) is 0 Å². The van der Waals surface area contributed by atoms with Crippen LogP contribution in [0, 0.1) is 13.8 Å². The zero-order valence-electron chi connectivity index (χ0n) is 12.2. The van der Waals surface area contributed by atoms with Crippen molar-refractivity contribution in [3.63, 3.8) is 0 Å². The van der Waals surface area contributed by atoms with Crippen LogP contribution in [-0.2, 0) is 6.54 Å². The first-order valence-corrected chi connectivity index (χ1v) is 7.22. The van der Waals surface area contributed by atoms with E-state index in [2.05, 4.69) is 31.3 Å². The molecule has 2 aromatic carbocycles. The van der Waals surface area contributed by atoms with Crippen LogP contribution >= 0.6 is 11.6 Å². The van der Waals surface area contributed by atoms with Crippen molar-refractivity contribution in [3.05, 3.63) is 58.1 Å². The van der Waals surface area contributed by atoms with Gasteiger partial charge in [0, 0.05) is 11.6 Å². The molecule has 0 aliphatic carbocycles. The van der Waals surface area contributed by atoms with E-state index in [0.29, 0.717) is 0 Å². The van der Waals surface area contributed by atoms with E-state index in [0.717, 1.165) is 40.7 Å². The highest BCUT2D eigenvalue weighted by molar-refractivity contribution is 6.31. The molecule has 0 fully saturated rings. The van der Waals surface area contributed by atoms with E-state index in [1.165, 1.54) is 5.56 Å². The van der Waals surface area contributed by atoms with Crippen LogP contribution in [0.3, 0.4) is 0 Å². The summed E-state index contributed by atoms with van der Waals surface area (Å²) in [7, 11) is 0. The Morgan fingerprint density at radius 2 is 1.85 bits per heavy atom. The fourth-order valence-corrected chi connectivity index (χ4v) is 2.13. The highest BCUT2D eigenvalue weighted by atomic mass is 35.5. The monoisotopic (exact) mass is 289 g/mol. The summed E-state index contributed by atoms with van der Waals surface area (Å²) in [6, 6.07) is 12.0. The van der Waals surface area contributed by atoms with E-state index in [4.69, 9.17) is 16.3 Å². The molecule has 0 unspecified atom stereocenters. The number of halogens is 1. The maximum absolute atomic E-state index is 6.02. The molecule has 106 valence electrons. The van der Waals surface area contributed by atoms with Crippen molar-refractivity contribution >= 4 is 11.6 Å². The minimum absolute atomic E-state index is 0.759. The number of ether oxygens (including phenoxy) is 1. The molecule has 0 spiro atoms. The summed E-state index contributed by atoms with van der Waals surface area (Å²) in [6.45, 7) is 8.00. The molecule has 3 heteroatoms. The summed E-state index contributed by atoms with van der Waals surface area (Å²) in [5, 5.41) is 4.08. The normalized spacial score (nSPS) is 10.6. The lowest BCUT2D eigenvalue weighted by molar-refractivity contribution is 0.478. The Balaban J connectivity index is 2.14. The highest BCUT2D eigenvalue weighted by Gasteiger charge is 2.04. The van der Waals surface area contributed by atoms with Gasteiger partial charge in [-0.25, -0.2) is 0 Å². The molecule has 0 saturated carbocycles. The summed E-state index contributed by atoms with van der Waals surface area (Å²) >= 11 is 6.02. The zero-order valence-corrected chi connectivity index (χ0v) is 12.9. The zero-order chi connectivity index (χ0) is 14.5. The number of nitrogens with one attached hydrogen (secondary N) is 1. The standard InChI is InChI=1S/C17H20ClNO/c1-4-19-11-14-5-8-17(13(3)9-14)20-15-6-7-16(18)12(2)10-15/h5-10,19H,4,11H2,1-3H3. The van der Waals surface area contributed by atoms with E-state index in [1.54, 1.807) is 0 Å². The fraction of sp³-hybridized carbons (Fsp3) is 0.294. The first-order chi connectivity index (χ1) is 9.60. The van der Waals surface area contributed by atoms with Gasteiger partial charge < -0.3 is 10.1 Å². The molecule has 2 rings (SSSR count). The number of hydrogen-bond acceptors (Lipinski definition) is 2. The molecule has 0 aliphatic heterocycles. The van der Waals surface area contributed by atoms with Gasteiger partial charge in [-0.2, -0.15) is 0 Å². The Labute approximate surface area is 125 Å². The third-order valence-electron chi connectivity index (χ3n) is 3.18. The molecule has 1 N–H and O–H groups in total. The summed E-state index contributed by atoms with van der Waals surface area (Å²) in [5.41, 5.74) is 3.42. The molecule has 2 aromatic rings. The topological polar surface area (TPSA) is 21.3 Å². The maximum atomic E-state index is 6.02. The van der Waals surface area contributed by atoms with Gasteiger partial charge in [-0.15, -0.1) is 0 Å². The van der Waals surface area contributed by atoms with Crippen LogP contribution < -0.4 is 10.1 Å². The van der Waals surface area contributed by atoms with Crippen molar-refractivity contribution in [2.75, 3.05) is 6.54 Å². The van der Waals surface area contributed by atoms with Gasteiger partial charge in [0.25, 0.3) is 0 Å². The number of hydrogen-bond donors (Lipinski definition) is 1. The van der Waals surface area contributed by atoms with Crippen molar-refractivity contribution in [1.29, 1.82) is 0 Å². The van der Waals surface area contributed by atoms with Gasteiger partial charge in [-0.3, -0.25) is 0 Å². The van der Waals surface area contributed by atoms with E-state index >= 15 is 0 Å². The lowest BCUT2D eigenvalue weighted by Crippen LogP contribution is -2.11. The fourth-order valence-electron chi connectivity index (χ4n) is 2.01. The smallest absolute Gasteiger partial charge is 0.130 e. The van der Waals surface area contributed by atoms with Gasteiger partial charge in [0.15, 0.2) is 0 Å². The third-order valence-corrected chi connectivity index (χ3v) is 3.60. The van der Waals surface area contributed by atoms with Crippen LogP contribution in [0.1, 0.15) is 23.6 Å². The molecule has 0 saturated heterocycles. The molecule has 0 aliphatic rings. The van der Waals surface area contributed by atoms with Crippen LogP contribution in [-0.4, -0.2) is 6.54 Å². The van der Waals surface area contributed by atoms with E-state index < -0.39 is 0 Å². The predicted octanol–water partition coefficient (Wildman–Crippen LogP) is 4.86. The second kappa shape index (κ2) is 6.78. The van der Waals surface area contributed by atoms with Crippen molar-refractivity contribution in [1.82, 2.24) is 5.32 Å². The number of rotatable bonds is 5. The minimum Gasteiger partial charge on any atom is -0.457 e. The Morgan fingerprint density at radius 3 is 2.50 bits per heavy atom. The molecule has 20 heavy (non-hydrogen) atoms. The van der Waals surface area contributed by atoms with Crippen LogP contribution in [0.15, 0.2) is 36.4 Å². The first kappa shape index (κ1) is 14.9. The third kappa shape index (κ3) is 3.75. The summed E-state index contributed by atoms with van der Waals surface area (Å²) in [4.78, 5) is 0. The molecular formula is C17H20ClNO. The van der Waals surface area contributed by atoms with E-state index in [9.17, 15) is 0 Å². The molecule has 2 nitrogen and oxygen atoms in total. The highest BCUT2D eigenvalue weighted by Crippen LogP contribution is 2.28. The molecule has 0 amide bonds. The average molecular weight is 290 g/mol. The molecular weight excluding hydrogens is 270 g/mol. The van der Waals surface area contributed by atoms with Gasteiger partial charge in [-0.05, 0) is 61.3 Å². The summed E-state index contributed by atoms with van der Waals surface area (Å²) in [5.74, 6) is 1.70. The quantitative estimate of drug-likeness (QED) is 0.849. The molecule has 0 heterocycles. The van der Waals surface area contributed by atoms with Gasteiger partial charge >= 0.3 is 0 Å². The Bertz CT molecular complexity index is 596. The first-order valence-electron chi connectivity index (χ1n) is 6.84. The van der Waals surface area contributed by atoms with Crippen LogP contribution in [0.5, 0.6) is 11.5 Å². The van der Waals surface area contributed by atoms with Crippen molar-refractivity contribution < 1.29 is 4.74 Å². The van der Waals surface area contributed by atoms with Gasteiger partial charge in [0.1, 0.15) is 11.5 Å². The molecule has 0 bridgehead atoms. The Morgan fingerprint density at radius 1 is 1.05 bits per heavy atom. The Kier molecular flexibility index (Phi) is 5.05. The molecule has 0 radical (unpaired) electrons. The summed E-state index contributed by atoms with van der Waals surface area (Å²) in [6.07, 6.45) is 0. The second-order valence-electron chi connectivity index (χ2n) is 4.89. The SMILES string of the molecule is CCNCc1ccc(Oc2ccc(Cl)c(C)c2)c(C)c1. The second-order valence-corrected chi connectivity index (χ2v) is 5.30. The average Bonchev–Trinajstić information content (AvgIpc) is 2.43. The lowest BCUT2D eigenvalue weighted by Gasteiger charge is -2.11. The maximum Gasteiger partial charge on any atom is 0.130 e. The number of benzene rings is 2. The lowest BCUT2D eigenvalue weighted by atomic mass is 10.1. The minimum atomic E-state index is 0.759. The van der Waals surface area contributed by atoms with Gasteiger partial charge in [-0.1, -0.05) is 30.7 Å². The molecule has 0 atom stereocenters. The van der Waals surface area contributed by atoms with E-state index in [-0.39, 0.29) is 0 Å². The predicted molar refractivity (Wildman–Crippen MR) is 84.8 cm³/mol. The van der Waals surface area contributed by atoms with Crippen molar-refractivity contribution in [2.45, 2.75) is 27.3 Å². The van der Waals surface area contributed by atoms with Crippen molar-refractivity contribution in [3.8, 4) is 11.5 Å². The van der Waals surface area contributed by atoms with E-state index in [1.807, 2.05) is 31.2 Å². The van der Waals surface area contributed by atoms with Crippen molar-refractivity contribution in [2.24, 2.45) is 0 Å². The van der Waals surface area contributed by atoms with Crippen LogP contribution in [0.25, 0.3) is 0 Å². The summed E-state index contributed by atoms with van der Waals surface area (Å²) < 4.78 is 5.93. The van der Waals surface area contributed by atoms with Gasteiger partial charge in [0.05, 0.1) is 0 Å². The number of aryl methyl sites for hydroxylation is 2. The van der Waals surface area contributed by atoms with Crippen LogP contribution in [0.4, 0.5) is 0 Å². The van der Waals surface area contributed by atoms with Crippen LogP contribution in [0.2, 0.25) is 5.02 Å².